The van der Waals surface area contributed by atoms with Gasteiger partial charge >= 0.3 is 0 Å². The van der Waals surface area contributed by atoms with Crippen molar-refractivity contribution in [3.8, 4) is 0 Å². The molecule has 3 rings (SSSR count). The van der Waals surface area contributed by atoms with Crippen LogP contribution in [0.1, 0.15) is 18.0 Å². The van der Waals surface area contributed by atoms with Gasteiger partial charge in [-0.2, -0.15) is 4.31 Å². The molecule has 2 heterocycles. The van der Waals surface area contributed by atoms with Crippen LogP contribution in [0.3, 0.4) is 0 Å². The zero-order valence-electron chi connectivity index (χ0n) is 14.0. The van der Waals surface area contributed by atoms with E-state index in [1.54, 1.807) is 0 Å². The van der Waals surface area contributed by atoms with Crippen molar-refractivity contribution in [3.05, 3.63) is 35.9 Å². The van der Waals surface area contributed by atoms with Crippen LogP contribution in [0.4, 0.5) is 0 Å². The van der Waals surface area contributed by atoms with Crippen molar-refractivity contribution >= 4 is 15.9 Å². The van der Waals surface area contributed by atoms with Crippen LogP contribution >= 0.6 is 0 Å². The summed E-state index contributed by atoms with van der Waals surface area (Å²) in [5.41, 5.74) is 7.20. The fourth-order valence-electron chi connectivity index (χ4n) is 3.01. The minimum atomic E-state index is -3.35. The summed E-state index contributed by atoms with van der Waals surface area (Å²) in [5, 5.41) is 2.71. The number of morpholine rings is 1. The average molecular weight is 368 g/mol. The highest BCUT2D eigenvalue weighted by Crippen LogP contribution is 2.21. The van der Waals surface area contributed by atoms with Crippen LogP contribution in [-0.2, 0) is 19.6 Å². The van der Waals surface area contributed by atoms with E-state index in [9.17, 15) is 13.2 Å². The molecule has 0 bridgehead atoms. The van der Waals surface area contributed by atoms with Gasteiger partial charge in [0, 0.05) is 25.7 Å². The number of rotatable bonds is 6. The summed E-state index contributed by atoms with van der Waals surface area (Å²) >= 11 is 0. The first-order valence-electron chi connectivity index (χ1n) is 8.45. The second kappa shape index (κ2) is 8.24. The molecule has 2 atom stereocenters. The molecule has 0 aliphatic carbocycles. The Morgan fingerprint density at radius 1 is 1.20 bits per heavy atom. The smallest absolute Gasteiger partial charge is 0.238 e. The molecular formula is C16H24N4O4S. The number of hydrogen-bond acceptors (Lipinski definition) is 6. The predicted molar refractivity (Wildman–Crippen MR) is 93.0 cm³/mol. The molecule has 1 aromatic rings. The predicted octanol–water partition coefficient (Wildman–Crippen LogP) is -0.628. The third-order valence-corrected chi connectivity index (χ3v) is 6.32. The van der Waals surface area contributed by atoms with Gasteiger partial charge in [-0.3, -0.25) is 4.79 Å². The van der Waals surface area contributed by atoms with Crippen LogP contribution in [0.2, 0.25) is 0 Å². The molecule has 0 saturated carbocycles. The lowest BCUT2D eigenvalue weighted by Gasteiger charge is -2.26. The standard InChI is InChI=1S/C16H24N4O4S/c21-16(15-12-14(18-19-15)13-4-2-1-3-5-13)17-6-11-25(22,23)20-7-9-24-10-8-20/h1-5,14-15,18-19H,6-12H2,(H,17,21). The van der Waals surface area contributed by atoms with E-state index in [-0.39, 0.29) is 30.3 Å². The molecule has 25 heavy (non-hydrogen) atoms. The Bertz CT molecular complexity index is 677. The molecule has 2 unspecified atom stereocenters. The number of hydrazine groups is 1. The van der Waals surface area contributed by atoms with Crippen molar-refractivity contribution in [2.45, 2.75) is 18.5 Å². The largest absolute Gasteiger partial charge is 0.379 e. The highest BCUT2D eigenvalue weighted by atomic mass is 32.2. The summed E-state index contributed by atoms with van der Waals surface area (Å²) in [6, 6.07) is 9.57. The third-order valence-electron chi connectivity index (χ3n) is 4.44. The highest BCUT2D eigenvalue weighted by molar-refractivity contribution is 7.89. The van der Waals surface area contributed by atoms with Crippen molar-refractivity contribution in [2.75, 3.05) is 38.6 Å². The first-order valence-corrected chi connectivity index (χ1v) is 10.1. The van der Waals surface area contributed by atoms with E-state index in [2.05, 4.69) is 16.2 Å². The van der Waals surface area contributed by atoms with Crippen LogP contribution in [0.15, 0.2) is 30.3 Å². The Hall–Kier alpha value is -1.52. The van der Waals surface area contributed by atoms with E-state index >= 15 is 0 Å². The zero-order chi connectivity index (χ0) is 17.7. The maximum Gasteiger partial charge on any atom is 0.238 e. The summed E-state index contributed by atoms with van der Waals surface area (Å²) in [5.74, 6) is -0.288. The topological polar surface area (TPSA) is 99.8 Å². The monoisotopic (exact) mass is 368 g/mol. The van der Waals surface area contributed by atoms with E-state index < -0.39 is 10.0 Å². The molecule has 0 radical (unpaired) electrons. The van der Waals surface area contributed by atoms with Gasteiger partial charge in [0.1, 0.15) is 6.04 Å². The van der Waals surface area contributed by atoms with E-state index in [0.29, 0.717) is 32.7 Å². The molecule has 3 N–H and O–H groups in total. The summed E-state index contributed by atoms with van der Waals surface area (Å²) in [4.78, 5) is 12.2. The first-order chi connectivity index (χ1) is 12.1. The van der Waals surface area contributed by atoms with Crippen LogP contribution in [0, 0.1) is 0 Å². The van der Waals surface area contributed by atoms with E-state index in [0.717, 1.165) is 5.56 Å². The van der Waals surface area contributed by atoms with Gasteiger partial charge in [0.15, 0.2) is 0 Å². The zero-order valence-corrected chi connectivity index (χ0v) is 14.8. The lowest BCUT2D eigenvalue weighted by Crippen LogP contribution is -2.46. The fourth-order valence-corrected chi connectivity index (χ4v) is 4.34. The number of amides is 1. The number of nitrogens with one attached hydrogen (secondary N) is 3. The third kappa shape index (κ3) is 4.77. The minimum absolute atomic E-state index is 0.0639. The first kappa shape index (κ1) is 18.3. The Balaban J connectivity index is 1.44. The molecule has 2 aliphatic heterocycles. The summed E-state index contributed by atoms with van der Waals surface area (Å²) in [7, 11) is -3.35. The number of carbonyl (C=O) groups excluding carboxylic acids is 1. The van der Waals surface area contributed by atoms with Crippen LogP contribution in [-0.4, -0.2) is 63.3 Å². The molecule has 2 fully saturated rings. The Kier molecular flexibility index (Phi) is 6.02. The van der Waals surface area contributed by atoms with Gasteiger partial charge in [0.25, 0.3) is 0 Å². The Labute approximate surface area is 147 Å². The van der Waals surface area contributed by atoms with Crippen LogP contribution in [0.25, 0.3) is 0 Å². The lowest BCUT2D eigenvalue weighted by atomic mass is 10.0. The fraction of sp³-hybridized carbons (Fsp3) is 0.562. The van der Waals surface area contributed by atoms with Crippen molar-refractivity contribution in [1.82, 2.24) is 20.5 Å². The molecule has 2 saturated heterocycles. The molecule has 0 aromatic heterocycles. The van der Waals surface area contributed by atoms with Gasteiger partial charge < -0.3 is 10.1 Å². The quantitative estimate of drug-likeness (QED) is 0.618. The number of ether oxygens (including phenoxy) is 1. The van der Waals surface area contributed by atoms with E-state index in [1.165, 1.54) is 4.31 Å². The second-order valence-electron chi connectivity index (χ2n) is 6.16. The van der Waals surface area contributed by atoms with Gasteiger partial charge in [-0.1, -0.05) is 30.3 Å². The van der Waals surface area contributed by atoms with Gasteiger partial charge in [-0.05, 0) is 12.0 Å². The van der Waals surface area contributed by atoms with Gasteiger partial charge in [-0.25, -0.2) is 19.3 Å². The van der Waals surface area contributed by atoms with Crippen LogP contribution in [0.5, 0.6) is 0 Å². The number of carbonyl (C=O) groups is 1. The molecule has 1 amide bonds. The molecule has 2 aliphatic rings. The van der Waals surface area contributed by atoms with Crippen molar-refractivity contribution < 1.29 is 17.9 Å². The number of nitrogens with zero attached hydrogens (tertiary/aromatic N) is 1. The van der Waals surface area contributed by atoms with E-state index in [4.69, 9.17) is 4.74 Å². The highest BCUT2D eigenvalue weighted by Gasteiger charge is 2.30. The minimum Gasteiger partial charge on any atom is -0.379 e. The second-order valence-corrected chi connectivity index (χ2v) is 8.25. The molecule has 138 valence electrons. The summed E-state index contributed by atoms with van der Waals surface area (Å²) in [6.45, 7) is 1.70. The number of hydrogen-bond donors (Lipinski definition) is 3. The maximum absolute atomic E-state index is 12.2. The number of benzene rings is 1. The summed E-state index contributed by atoms with van der Waals surface area (Å²) < 4.78 is 31.0. The van der Waals surface area contributed by atoms with Gasteiger partial charge in [0.05, 0.1) is 19.0 Å². The lowest BCUT2D eigenvalue weighted by molar-refractivity contribution is -0.122. The SMILES string of the molecule is O=C(NCCS(=O)(=O)N1CCOCC1)C1CC(c2ccccc2)NN1. The Morgan fingerprint density at radius 2 is 1.92 bits per heavy atom. The van der Waals surface area contributed by atoms with Crippen molar-refractivity contribution in [3.63, 3.8) is 0 Å². The van der Waals surface area contributed by atoms with Gasteiger partial charge in [0.2, 0.25) is 15.9 Å². The maximum atomic E-state index is 12.2. The molecular weight excluding hydrogens is 344 g/mol. The molecule has 8 nitrogen and oxygen atoms in total. The molecule has 9 heteroatoms. The normalized spacial score (nSPS) is 25.0. The Morgan fingerprint density at radius 3 is 2.64 bits per heavy atom. The summed E-state index contributed by atoms with van der Waals surface area (Å²) in [6.07, 6.45) is 0.617. The number of sulfonamides is 1. The van der Waals surface area contributed by atoms with Crippen molar-refractivity contribution in [2.24, 2.45) is 0 Å². The molecule has 0 spiro atoms. The van der Waals surface area contributed by atoms with Gasteiger partial charge in [-0.15, -0.1) is 0 Å². The van der Waals surface area contributed by atoms with Crippen molar-refractivity contribution in [1.29, 1.82) is 0 Å². The van der Waals surface area contributed by atoms with Crippen LogP contribution < -0.4 is 16.2 Å². The average Bonchev–Trinajstić information content (AvgIpc) is 3.13. The van der Waals surface area contributed by atoms with E-state index in [1.807, 2.05) is 30.3 Å². The molecule has 1 aromatic carbocycles.